The first kappa shape index (κ1) is 31.5. The van der Waals surface area contributed by atoms with Crippen LogP contribution in [0.4, 0.5) is 17.1 Å². The highest BCUT2D eigenvalue weighted by molar-refractivity contribution is 7.99. The lowest BCUT2D eigenvalue weighted by molar-refractivity contribution is 0.669. The van der Waals surface area contributed by atoms with Gasteiger partial charge in [0.05, 0.1) is 5.41 Å². The van der Waals surface area contributed by atoms with E-state index in [1.54, 1.807) is 0 Å². The zero-order valence-corrected chi connectivity index (χ0v) is 31.1. The number of benzene rings is 9. The zero-order valence-electron chi connectivity index (χ0n) is 30.3. The standard InChI is InChI=1S/C53H33NOS/c1-3-14-34(15-4-1)38-30-31-43-39-28-26-36(54(35-16-5-2-6-17-35)37-27-29-41-40-18-7-10-23-48(40)55-49(41)33-37)32-47(39)53(46-22-13-19-42(38)52(43)46)44-20-8-11-24-50(44)56-51-25-12-9-21-45(51)53/h1-33H. The first-order chi connectivity index (χ1) is 27.8. The van der Waals surface area contributed by atoms with Gasteiger partial charge in [0.2, 0.25) is 0 Å². The summed E-state index contributed by atoms with van der Waals surface area (Å²) in [5, 5.41) is 4.85. The molecule has 2 nitrogen and oxygen atoms in total. The molecule has 1 spiro atoms. The molecule has 2 aliphatic rings. The summed E-state index contributed by atoms with van der Waals surface area (Å²) in [5.74, 6) is 0. The molecule has 10 aromatic rings. The molecular weight excluding hydrogens is 699 g/mol. The van der Waals surface area contributed by atoms with Crippen molar-refractivity contribution in [3.05, 3.63) is 222 Å². The lowest BCUT2D eigenvalue weighted by atomic mass is 9.59. The van der Waals surface area contributed by atoms with Crippen molar-refractivity contribution in [2.45, 2.75) is 15.2 Å². The Balaban J connectivity index is 1.18. The molecule has 0 saturated heterocycles. The second kappa shape index (κ2) is 12.1. The quantitative estimate of drug-likeness (QED) is 0.179. The van der Waals surface area contributed by atoms with Crippen LogP contribution in [0.3, 0.4) is 0 Å². The molecule has 0 radical (unpaired) electrons. The summed E-state index contributed by atoms with van der Waals surface area (Å²) in [6, 6.07) is 73.4. The van der Waals surface area contributed by atoms with Crippen LogP contribution in [0.1, 0.15) is 22.3 Å². The average molecular weight is 732 g/mol. The van der Waals surface area contributed by atoms with Gasteiger partial charge >= 0.3 is 0 Å². The second-order valence-corrected chi connectivity index (χ2v) is 15.9. The Morgan fingerprint density at radius 1 is 0.375 bits per heavy atom. The Hall–Kier alpha value is -6.81. The van der Waals surface area contributed by atoms with Crippen LogP contribution in [-0.2, 0) is 5.41 Å². The maximum absolute atomic E-state index is 6.46. The lowest BCUT2D eigenvalue weighted by Crippen LogP contribution is -2.36. The van der Waals surface area contributed by atoms with Gasteiger partial charge in [-0.15, -0.1) is 0 Å². The molecule has 0 fully saturated rings. The molecule has 12 rings (SSSR count). The van der Waals surface area contributed by atoms with Crippen LogP contribution in [0, 0.1) is 0 Å². The van der Waals surface area contributed by atoms with E-state index in [1.165, 1.54) is 65.1 Å². The third kappa shape index (κ3) is 4.40. The van der Waals surface area contributed by atoms with Crippen molar-refractivity contribution in [2.75, 3.05) is 4.90 Å². The van der Waals surface area contributed by atoms with Gasteiger partial charge in [0, 0.05) is 43.7 Å². The largest absolute Gasteiger partial charge is 0.456 e. The van der Waals surface area contributed by atoms with Crippen molar-refractivity contribution in [1.82, 2.24) is 0 Å². The fourth-order valence-corrected chi connectivity index (χ4v) is 10.8. The number of hydrogen-bond acceptors (Lipinski definition) is 3. The van der Waals surface area contributed by atoms with Gasteiger partial charge in [-0.3, -0.25) is 0 Å². The number of nitrogens with zero attached hydrogens (tertiary/aromatic N) is 1. The second-order valence-electron chi connectivity index (χ2n) is 14.8. The molecule has 2 heterocycles. The molecule has 9 aromatic carbocycles. The summed E-state index contributed by atoms with van der Waals surface area (Å²) in [6.45, 7) is 0. The van der Waals surface area contributed by atoms with Gasteiger partial charge in [-0.1, -0.05) is 151 Å². The van der Waals surface area contributed by atoms with Crippen LogP contribution in [0.2, 0.25) is 0 Å². The van der Waals surface area contributed by atoms with Crippen LogP contribution < -0.4 is 4.90 Å². The molecule has 1 aliphatic carbocycles. The van der Waals surface area contributed by atoms with E-state index in [0.29, 0.717) is 0 Å². The van der Waals surface area contributed by atoms with Crippen molar-refractivity contribution in [3.63, 3.8) is 0 Å². The third-order valence-corrected chi connectivity index (χ3v) is 13.1. The van der Waals surface area contributed by atoms with Gasteiger partial charge in [-0.25, -0.2) is 0 Å². The summed E-state index contributed by atoms with van der Waals surface area (Å²) in [6.07, 6.45) is 0. The van der Waals surface area contributed by atoms with Crippen LogP contribution in [0.15, 0.2) is 214 Å². The Morgan fingerprint density at radius 3 is 1.77 bits per heavy atom. The number of furan rings is 1. The molecule has 262 valence electrons. The molecule has 3 heteroatoms. The highest BCUT2D eigenvalue weighted by atomic mass is 32.2. The lowest BCUT2D eigenvalue weighted by Gasteiger charge is -2.46. The van der Waals surface area contributed by atoms with Crippen LogP contribution in [0.25, 0.3) is 55.0 Å². The normalized spacial score (nSPS) is 13.4. The van der Waals surface area contributed by atoms with E-state index >= 15 is 0 Å². The molecule has 1 aromatic heterocycles. The van der Waals surface area contributed by atoms with E-state index in [0.717, 1.165) is 39.0 Å². The Labute approximate surface area is 329 Å². The third-order valence-electron chi connectivity index (χ3n) is 11.9. The van der Waals surface area contributed by atoms with Crippen LogP contribution >= 0.6 is 11.8 Å². The molecule has 0 unspecified atom stereocenters. The van der Waals surface area contributed by atoms with Gasteiger partial charge < -0.3 is 9.32 Å². The molecule has 0 N–H and O–H groups in total. The van der Waals surface area contributed by atoms with E-state index in [4.69, 9.17) is 4.42 Å². The summed E-state index contributed by atoms with van der Waals surface area (Å²) in [4.78, 5) is 4.96. The van der Waals surface area contributed by atoms with E-state index in [1.807, 2.05) is 23.9 Å². The Morgan fingerprint density at radius 2 is 0.964 bits per heavy atom. The number of fused-ring (bicyclic) bond motifs is 11. The van der Waals surface area contributed by atoms with Crippen LogP contribution in [-0.4, -0.2) is 0 Å². The molecular formula is C53H33NOS. The average Bonchev–Trinajstić information content (AvgIpc) is 3.64. The number of hydrogen-bond donors (Lipinski definition) is 0. The predicted molar refractivity (Wildman–Crippen MR) is 233 cm³/mol. The van der Waals surface area contributed by atoms with Gasteiger partial charge in [-0.2, -0.15) is 0 Å². The van der Waals surface area contributed by atoms with E-state index in [-0.39, 0.29) is 0 Å². The molecule has 0 saturated carbocycles. The minimum absolute atomic E-state index is 0.573. The van der Waals surface area contributed by atoms with E-state index < -0.39 is 5.41 Å². The SMILES string of the molecule is c1ccc(-c2ccc3c4c(cccc24)C2(c4ccccc4Sc4ccccc42)c2cc(N(c4ccccc4)c4ccc5c(c4)oc4ccccc45)ccc2-3)cc1. The maximum Gasteiger partial charge on any atom is 0.137 e. The van der Waals surface area contributed by atoms with E-state index in [2.05, 4.69) is 193 Å². The highest BCUT2D eigenvalue weighted by Crippen LogP contribution is 2.62. The minimum Gasteiger partial charge on any atom is -0.456 e. The van der Waals surface area contributed by atoms with Crippen LogP contribution in [0.5, 0.6) is 0 Å². The smallest absolute Gasteiger partial charge is 0.137 e. The summed E-state index contributed by atoms with van der Waals surface area (Å²) in [7, 11) is 0. The van der Waals surface area contributed by atoms with Gasteiger partial charge in [0.25, 0.3) is 0 Å². The van der Waals surface area contributed by atoms with Crippen molar-refractivity contribution in [1.29, 1.82) is 0 Å². The predicted octanol–water partition coefficient (Wildman–Crippen LogP) is 14.7. The molecule has 0 bridgehead atoms. The first-order valence-electron chi connectivity index (χ1n) is 19.2. The Kier molecular flexibility index (Phi) is 6.81. The fraction of sp³-hybridized carbons (Fsp3) is 0.0189. The summed E-state index contributed by atoms with van der Waals surface area (Å²) in [5.41, 5.74) is 14.7. The summed E-state index contributed by atoms with van der Waals surface area (Å²) >= 11 is 1.88. The number of anilines is 3. The molecule has 56 heavy (non-hydrogen) atoms. The van der Waals surface area contributed by atoms with Crippen molar-refractivity contribution < 1.29 is 4.42 Å². The molecule has 0 atom stereocenters. The molecule has 1 aliphatic heterocycles. The summed E-state index contributed by atoms with van der Waals surface area (Å²) < 4.78 is 6.46. The fourth-order valence-electron chi connectivity index (χ4n) is 9.63. The van der Waals surface area contributed by atoms with Crippen molar-refractivity contribution in [3.8, 4) is 22.3 Å². The van der Waals surface area contributed by atoms with Gasteiger partial charge in [0.1, 0.15) is 11.2 Å². The van der Waals surface area contributed by atoms with Crippen molar-refractivity contribution in [2.24, 2.45) is 0 Å². The first-order valence-corrected chi connectivity index (χ1v) is 20.0. The number of rotatable bonds is 4. The monoisotopic (exact) mass is 731 g/mol. The zero-order chi connectivity index (χ0) is 36.8. The maximum atomic E-state index is 6.46. The van der Waals surface area contributed by atoms with E-state index in [9.17, 15) is 0 Å². The van der Waals surface area contributed by atoms with Gasteiger partial charge in [-0.05, 0) is 110 Å². The molecule has 0 amide bonds. The topological polar surface area (TPSA) is 16.4 Å². The highest BCUT2D eigenvalue weighted by Gasteiger charge is 2.49. The minimum atomic E-state index is -0.573. The number of para-hydroxylation sites is 2. The van der Waals surface area contributed by atoms with Gasteiger partial charge in [0.15, 0.2) is 0 Å². The van der Waals surface area contributed by atoms with Crippen molar-refractivity contribution >= 4 is 61.5 Å². The Bertz CT molecular complexity index is 3140.